The number of piperidine rings is 1. The van der Waals surface area contributed by atoms with E-state index in [4.69, 9.17) is 16.3 Å². The Morgan fingerprint density at radius 3 is 2.45 bits per heavy atom. The fourth-order valence-corrected chi connectivity index (χ4v) is 3.89. The van der Waals surface area contributed by atoms with Crippen molar-refractivity contribution in [1.29, 1.82) is 0 Å². The third-order valence-electron chi connectivity index (χ3n) is 5.41. The van der Waals surface area contributed by atoms with Gasteiger partial charge in [-0.2, -0.15) is 0 Å². The maximum absolute atomic E-state index is 12.5. The minimum Gasteiger partial charge on any atom is -0.481 e. The van der Waals surface area contributed by atoms with E-state index in [2.05, 4.69) is 34.5 Å². The Balaban J connectivity index is 1.52. The number of ether oxygens (including phenoxy) is 1. The Morgan fingerprint density at radius 2 is 1.76 bits per heavy atom. The summed E-state index contributed by atoms with van der Waals surface area (Å²) in [5, 5.41) is 3.72. The second kappa shape index (κ2) is 10.1. The van der Waals surface area contributed by atoms with Gasteiger partial charge in [0.15, 0.2) is 6.10 Å². The first-order chi connectivity index (χ1) is 13.9. The lowest BCUT2D eigenvalue weighted by Gasteiger charge is -2.26. The molecule has 0 unspecified atom stereocenters. The molecule has 156 valence electrons. The SMILES string of the molecule is Cc1cc(O[C@H](C)C(=O)NCc2cccc(CN3CCCCC3)c2)cc(C)c1Cl. The molecule has 1 amide bonds. The Hall–Kier alpha value is -2.04. The van der Waals surface area contributed by atoms with E-state index in [1.54, 1.807) is 6.92 Å². The maximum atomic E-state index is 12.5. The lowest BCUT2D eigenvalue weighted by molar-refractivity contribution is -0.127. The van der Waals surface area contributed by atoms with Gasteiger partial charge in [0.05, 0.1) is 0 Å². The molecule has 1 fully saturated rings. The molecule has 0 bridgehead atoms. The van der Waals surface area contributed by atoms with E-state index in [0.717, 1.165) is 28.3 Å². The lowest BCUT2D eigenvalue weighted by atomic mass is 10.1. The van der Waals surface area contributed by atoms with Gasteiger partial charge < -0.3 is 10.1 Å². The van der Waals surface area contributed by atoms with Crippen molar-refractivity contribution in [2.24, 2.45) is 0 Å². The fourth-order valence-electron chi connectivity index (χ4n) is 3.78. The van der Waals surface area contributed by atoms with Crippen LogP contribution in [0.25, 0.3) is 0 Å². The van der Waals surface area contributed by atoms with Crippen molar-refractivity contribution in [2.75, 3.05) is 13.1 Å². The Labute approximate surface area is 179 Å². The van der Waals surface area contributed by atoms with Crippen molar-refractivity contribution >= 4 is 17.5 Å². The van der Waals surface area contributed by atoms with Crippen molar-refractivity contribution in [3.63, 3.8) is 0 Å². The molecule has 1 saturated heterocycles. The molecule has 1 heterocycles. The summed E-state index contributed by atoms with van der Waals surface area (Å²) >= 11 is 6.20. The maximum Gasteiger partial charge on any atom is 0.261 e. The van der Waals surface area contributed by atoms with Crippen molar-refractivity contribution in [1.82, 2.24) is 10.2 Å². The van der Waals surface area contributed by atoms with Gasteiger partial charge in [0, 0.05) is 18.1 Å². The van der Waals surface area contributed by atoms with Gasteiger partial charge in [-0.05, 0) is 81.1 Å². The molecule has 2 aromatic carbocycles. The van der Waals surface area contributed by atoms with Crippen LogP contribution in [0.4, 0.5) is 0 Å². The standard InChI is InChI=1S/C24H31ClN2O2/c1-17-12-22(13-18(2)23(17)25)29-19(3)24(28)26-15-20-8-7-9-21(14-20)16-27-10-5-4-6-11-27/h7-9,12-14,19H,4-6,10-11,15-16H2,1-3H3,(H,26,28)/t19-/m1/s1. The molecular weight excluding hydrogens is 384 g/mol. The quantitative estimate of drug-likeness (QED) is 0.691. The van der Waals surface area contributed by atoms with Gasteiger partial charge in [-0.15, -0.1) is 0 Å². The zero-order valence-corrected chi connectivity index (χ0v) is 18.4. The molecule has 0 spiro atoms. The number of carbonyl (C=O) groups excluding carboxylic acids is 1. The van der Waals surface area contributed by atoms with Crippen molar-refractivity contribution < 1.29 is 9.53 Å². The number of halogens is 1. The third-order valence-corrected chi connectivity index (χ3v) is 6.00. The molecule has 4 nitrogen and oxygen atoms in total. The van der Waals surface area contributed by atoms with Crippen LogP contribution in [0, 0.1) is 13.8 Å². The van der Waals surface area contributed by atoms with Crippen molar-refractivity contribution in [3.8, 4) is 5.75 Å². The van der Waals surface area contributed by atoms with Crippen LogP contribution in [0.5, 0.6) is 5.75 Å². The average Bonchev–Trinajstić information content (AvgIpc) is 2.71. The van der Waals surface area contributed by atoms with Crippen molar-refractivity contribution in [3.05, 3.63) is 63.7 Å². The normalized spacial score (nSPS) is 15.7. The molecule has 1 N–H and O–H groups in total. The first-order valence-electron chi connectivity index (χ1n) is 10.4. The molecular formula is C24H31ClN2O2. The molecule has 0 saturated carbocycles. The van der Waals surface area contributed by atoms with Gasteiger partial charge >= 0.3 is 0 Å². The van der Waals surface area contributed by atoms with Gasteiger partial charge in [-0.3, -0.25) is 9.69 Å². The van der Waals surface area contributed by atoms with Gasteiger partial charge in [0.2, 0.25) is 0 Å². The van der Waals surface area contributed by atoms with Crippen LogP contribution in [0.3, 0.4) is 0 Å². The van der Waals surface area contributed by atoms with Crippen LogP contribution in [0.1, 0.15) is 48.4 Å². The van der Waals surface area contributed by atoms with Crippen LogP contribution in [-0.2, 0) is 17.9 Å². The van der Waals surface area contributed by atoms with Crippen molar-refractivity contribution in [2.45, 2.75) is 59.2 Å². The summed E-state index contributed by atoms with van der Waals surface area (Å²) < 4.78 is 5.83. The second-order valence-electron chi connectivity index (χ2n) is 8.01. The van der Waals surface area contributed by atoms with Crippen LogP contribution in [0.2, 0.25) is 5.02 Å². The highest BCUT2D eigenvalue weighted by Crippen LogP contribution is 2.26. The van der Waals surface area contributed by atoms with Crippen LogP contribution in [-0.4, -0.2) is 30.0 Å². The number of hydrogen-bond donors (Lipinski definition) is 1. The van der Waals surface area contributed by atoms with Gasteiger partial charge in [-0.1, -0.05) is 42.3 Å². The fraction of sp³-hybridized carbons (Fsp3) is 0.458. The number of rotatable bonds is 7. The number of benzene rings is 2. The number of carbonyl (C=O) groups is 1. The highest BCUT2D eigenvalue weighted by molar-refractivity contribution is 6.32. The molecule has 2 aromatic rings. The van der Waals surface area contributed by atoms with Crippen LogP contribution in [0.15, 0.2) is 36.4 Å². The highest BCUT2D eigenvalue weighted by Gasteiger charge is 2.16. The van der Waals surface area contributed by atoms with Gasteiger partial charge in [0.25, 0.3) is 5.91 Å². The summed E-state index contributed by atoms with van der Waals surface area (Å²) in [4.78, 5) is 15.0. The van der Waals surface area contributed by atoms with E-state index >= 15 is 0 Å². The largest absolute Gasteiger partial charge is 0.481 e. The smallest absolute Gasteiger partial charge is 0.261 e. The predicted molar refractivity (Wildman–Crippen MR) is 118 cm³/mol. The minimum absolute atomic E-state index is 0.128. The minimum atomic E-state index is -0.577. The van der Waals surface area contributed by atoms with E-state index in [1.165, 1.54) is 37.9 Å². The van der Waals surface area contributed by atoms with E-state index in [1.807, 2.05) is 26.0 Å². The molecule has 1 aliphatic rings. The molecule has 3 rings (SSSR count). The summed E-state index contributed by atoms with van der Waals surface area (Å²) in [6, 6.07) is 12.2. The Bertz CT molecular complexity index is 824. The van der Waals surface area contributed by atoms with Gasteiger partial charge in [-0.25, -0.2) is 0 Å². The lowest BCUT2D eigenvalue weighted by Crippen LogP contribution is -2.36. The summed E-state index contributed by atoms with van der Waals surface area (Å²) in [5.41, 5.74) is 4.30. The predicted octanol–water partition coefficient (Wildman–Crippen LogP) is 5.03. The topological polar surface area (TPSA) is 41.6 Å². The number of nitrogens with one attached hydrogen (secondary N) is 1. The highest BCUT2D eigenvalue weighted by atomic mass is 35.5. The van der Waals surface area contributed by atoms with Crippen LogP contribution >= 0.6 is 11.6 Å². The monoisotopic (exact) mass is 414 g/mol. The van der Waals surface area contributed by atoms with E-state index in [0.29, 0.717) is 12.3 Å². The molecule has 1 aliphatic heterocycles. The second-order valence-corrected chi connectivity index (χ2v) is 8.38. The summed E-state index contributed by atoms with van der Waals surface area (Å²) in [5.74, 6) is 0.535. The average molecular weight is 415 g/mol. The number of aryl methyl sites for hydroxylation is 2. The van der Waals surface area contributed by atoms with E-state index < -0.39 is 6.10 Å². The number of likely N-dealkylation sites (tertiary alicyclic amines) is 1. The number of hydrogen-bond acceptors (Lipinski definition) is 3. The zero-order chi connectivity index (χ0) is 20.8. The summed E-state index contributed by atoms with van der Waals surface area (Å²) in [6.45, 7) is 9.48. The Kier molecular flexibility index (Phi) is 7.57. The van der Waals surface area contributed by atoms with Gasteiger partial charge in [0.1, 0.15) is 5.75 Å². The van der Waals surface area contributed by atoms with E-state index in [-0.39, 0.29) is 5.91 Å². The Morgan fingerprint density at radius 1 is 1.10 bits per heavy atom. The zero-order valence-electron chi connectivity index (χ0n) is 17.6. The first-order valence-corrected chi connectivity index (χ1v) is 10.8. The molecule has 1 atom stereocenters. The van der Waals surface area contributed by atoms with E-state index in [9.17, 15) is 4.79 Å². The van der Waals surface area contributed by atoms with Crippen LogP contribution < -0.4 is 10.1 Å². The molecule has 29 heavy (non-hydrogen) atoms. The summed E-state index contributed by atoms with van der Waals surface area (Å²) in [7, 11) is 0. The molecule has 5 heteroatoms. The number of nitrogens with zero attached hydrogens (tertiary/aromatic N) is 1. The third kappa shape index (κ3) is 6.22. The summed E-state index contributed by atoms with van der Waals surface area (Å²) in [6.07, 6.45) is 3.35. The first kappa shape index (κ1) is 21.7. The molecule has 0 aromatic heterocycles. The molecule has 0 radical (unpaired) electrons. The number of amides is 1. The molecule has 0 aliphatic carbocycles.